The van der Waals surface area contributed by atoms with Crippen molar-refractivity contribution in [3.63, 3.8) is 0 Å². The van der Waals surface area contributed by atoms with Crippen LogP contribution in [0.2, 0.25) is 0 Å². The molecule has 0 bridgehead atoms. The lowest BCUT2D eigenvalue weighted by Gasteiger charge is -2.40. The van der Waals surface area contributed by atoms with Gasteiger partial charge in [-0.05, 0) is 44.1 Å². The van der Waals surface area contributed by atoms with Gasteiger partial charge in [-0.15, -0.1) is 0 Å². The van der Waals surface area contributed by atoms with Crippen LogP contribution in [0.25, 0.3) is 0 Å². The van der Waals surface area contributed by atoms with Crippen LogP contribution in [0, 0.1) is 12.3 Å². The Kier molecular flexibility index (Phi) is 3.72. The highest BCUT2D eigenvalue weighted by Crippen LogP contribution is 2.39. The van der Waals surface area contributed by atoms with Gasteiger partial charge in [0.2, 0.25) is 0 Å². The number of hydrogen-bond donors (Lipinski definition) is 2. The number of carbonyl (C=O) groups is 1. The predicted octanol–water partition coefficient (Wildman–Crippen LogP) is 2.65. The molecule has 4 nitrogen and oxygen atoms in total. The summed E-state index contributed by atoms with van der Waals surface area (Å²) in [5.74, 6) is 0.0838. The average Bonchev–Trinajstić information content (AvgIpc) is 2.77. The van der Waals surface area contributed by atoms with Crippen molar-refractivity contribution in [2.45, 2.75) is 52.1 Å². The first-order chi connectivity index (χ1) is 8.81. The molecule has 1 aromatic rings. The van der Waals surface area contributed by atoms with Gasteiger partial charge in [0.25, 0.3) is 5.91 Å². The Bertz CT molecular complexity index is 452. The van der Waals surface area contributed by atoms with E-state index in [2.05, 4.69) is 19.2 Å². The fourth-order valence-electron chi connectivity index (χ4n) is 2.50. The zero-order valence-corrected chi connectivity index (χ0v) is 12.0. The van der Waals surface area contributed by atoms with Crippen molar-refractivity contribution in [2.75, 3.05) is 6.54 Å². The van der Waals surface area contributed by atoms with Gasteiger partial charge < -0.3 is 14.8 Å². The highest BCUT2D eigenvalue weighted by atomic mass is 16.3. The minimum atomic E-state index is -0.772. The van der Waals surface area contributed by atoms with Crippen molar-refractivity contribution in [2.24, 2.45) is 5.41 Å². The molecule has 1 fully saturated rings. The molecule has 1 aromatic heterocycles. The van der Waals surface area contributed by atoms with E-state index in [1.165, 1.54) is 6.26 Å². The van der Waals surface area contributed by atoms with Gasteiger partial charge in [-0.1, -0.05) is 13.8 Å². The van der Waals surface area contributed by atoms with E-state index < -0.39 is 5.60 Å². The molecule has 0 aliphatic heterocycles. The van der Waals surface area contributed by atoms with Crippen LogP contribution < -0.4 is 5.32 Å². The van der Waals surface area contributed by atoms with Gasteiger partial charge in [0, 0.05) is 12.1 Å². The number of amides is 1. The third kappa shape index (κ3) is 3.38. The number of rotatable bonds is 3. The van der Waals surface area contributed by atoms with Crippen LogP contribution >= 0.6 is 0 Å². The molecule has 0 saturated heterocycles. The van der Waals surface area contributed by atoms with Gasteiger partial charge in [-0.25, -0.2) is 0 Å². The van der Waals surface area contributed by atoms with E-state index in [1.807, 2.05) is 6.92 Å². The maximum atomic E-state index is 11.9. The molecule has 1 amide bonds. The maximum absolute atomic E-state index is 11.9. The third-order valence-electron chi connectivity index (χ3n) is 4.18. The zero-order chi connectivity index (χ0) is 14.1. The first kappa shape index (κ1) is 14.1. The van der Waals surface area contributed by atoms with E-state index in [1.54, 1.807) is 6.07 Å². The lowest BCUT2D eigenvalue weighted by Crippen LogP contribution is -2.46. The van der Waals surface area contributed by atoms with Crippen LogP contribution in [0.5, 0.6) is 0 Å². The van der Waals surface area contributed by atoms with Crippen LogP contribution in [0.15, 0.2) is 16.7 Å². The predicted molar refractivity (Wildman–Crippen MR) is 73.0 cm³/mol. The number of aliphatic hydroxyl groups is 1. The molecule has 1 aliphatic carbocycles. The van der Waals surface area contributed by atoms with Crippen LogP contribution in [-0.4, -0.2) is 23.2 Å². The third-order valence-corrected chi connectivity index (χ3v) is 4.18. The van der Waals surface area contributed by atoms with Gasteiger partial charge in [-0.2, -0.15) is 0 Å². The van der Waals surface area contributed by atoms with Gasteiger partial charge in [0.05, 0.1) is 11.9 Å². The summed E-state index contributed by atoms with van der Waals surface area (Å²) in [6.07, 6.45) is 4.94. The summed E-state index contributed by atoms with van der Waals surface area (Å²) in [6, 6.07) is 1.76. The van der Waals surface area contributed by atoms with Crippen molar-refractivity contribution in [1.29, 1.82) is 0 Å². The number of aryl methyl sites for hydroxylation is 1. The Morgan fingerprint density at radius 3 is 2.53 bits per heavy atom. The summed E-state index contributed by atoms with van der Waals surface area (Å²) in [6.45, 7) is 6.56. The number of nitrogens with one attached hydrogen (secondary N) is 1. The number of furan rings is 1. The Balaban J connectivity index is 1.89. The number of hydrogen-bond acceptors (Lipinski definition) is 3. The first-order valence-electron chi connectivity index (χ1n) is 6.86. The summed E-state index contributed by atoms with van der Waals surface area (Å²) in [5, 5.41) is 13.3. The van der Waals surface area contributed by atoms with Gasteiger partial charge in [0.15, 0.2) is 5.76 Å². The molecule has 1 aliphatic rings. The van der Waals surface area contributed by atoms with Crippen LogP contribution in [0.3, 0.4) is 0 Å². The molecule has 0 radical (unpaired) electrons. The standard InChI is InChI=1S/C15H23NO3/c1-11-4-9-19-12(11)13(17)16-10-15(18)7-5-14(2,3)6-8-15/h4,9,18H,5-8,10H2,1-3H3,(H,16,17). The summed E-state index contributed by atoms with van der Waals surface area (Å²) < 4.78 is 5.14. The summed E-state index contributed by atoms with van der Waals surface area (Å²) in [7, 11) is 0. The van der Waals surface area contributed by atoms with Crippen molar-refractivity contribution < 1.29 is 14.3 Å². The largest absolute Gasteiger partial charge is 0.459 e. The smallest absolute Gasteiger partial charge is 0.287 e. The van der Waals surface area contributed by atoms with E-state index in [4.69, 9.17) is 4.42 Å². The van der Waals surface area contributed by atoms with Crippen LogP contribution in [0.4, 0.5) is 0 Å². The second kappa shape index (κ2) is 5.00. The Hall–Kier alpha value is -1.29. The van der Waals surface area contributed by atoms with Crippen LogP contribution in [-0.2, 0) is 0 Å². The molecule has 0 unspecified atom stereocenters. The molecule has 0 aromatic carbocycles. The number of carbonyl (C=O) groups excluding carboxylic acids is 1. The second-order valence-electron chi connectivity index (χ2n) is 6.50. The summed E-state index contributed by atoms with van der Waals surface area (Å²) in [4.78, 5) is 11.9. The van der Waals surface area contributed by atoms with Crippen molar-refractivity contribution >= 4 is 5.91 Å². The highest BCUT2D eigenvalue weighted by Gasteiger charge is 2.36. The van der Waals surface area contributed by atoms with Crippen molar-refractivity contribution in [3.8, 4) is 0 Å². The topological polar surface area (TPSA) is 62.5 Å². The van der Waals surface area contributed by atoms with E-state index in [9.17, 15) is 9.90 Å². The first-order valence-corrected chi connectivity index (χ1v) is 6.86. The molecule has 19 heavy (non-hydrogen) atoms. The van der Waals surface area contributed by atoms with Gasteiger partial charge in [0.1, 0.15) is 0 Å². The second-order valence-corrected chi connectivity index (χ2v) is 6.50. The molecule has 106 valence electrons. The average molecular weight is 265 g/mol. The minimum Gasteiger partial charge on any atom is -0.459 e. The molecule has 2 rings (SSSR count). The summed E-state index contributed by atoms with van der Waals surface area (Å²) >= 11 is 0. The van der Waals surface area contributed by atoms with Gasteiger partial charge >= 0.3 is 0 Å². The molecule has 0 atom stereocenters. The molecular weight excluding hydrogens is 242 g/mol. The maximum Gasteiger partial charge on any atom is 0.287 e. The molecule has 0 spiro atoms. The molecular formula is C15H23NO3. The normalized spacial score (nSPS) is 21.1. The lowest BCUT2D eigenvalue weighted by molar-refractivity contribution is -0.0234. The molecule has 1 saturated carbocycles. The molecule has 2 N–H and O–H groups in total. The van der Waals surface area contributed by atoms with Crippen LogP contribution in [0.1, 0.15) is 55.6 Å². The van der Waals surface area contributed by atoms with E-state index in [-0.39, 0.29) is 5.91 Å². The van der Waals surface area contributed by atoms with E-state index >= 15 is 0 Å². The fraction of sp³-hybridized carbons (Fsp3) is 0.667. The lowest BCUT2D eigenvalue weighted by atomic mass is 9.71. The quantitative estimate of drug-likeness (QED) is 0.883. The SMILES string of the molecule is Cc1ccoc1C(=O)NCC1(O)CCC(C)(C)CC1. The Labute approximate surface area is 114 Å². The molecule has 1 heterocycles. The monoisotopic (exact) mass is 265 g/mol. The Morgan fingerprint density at radius 1 is 1.37 bits per heavy atom. The molecule has 4 heteroatoms. The Morgan fingerprint density at radius 2 is 2.00 bits per heavy atom. The minimum absolute atomic E-state index is 0.249. The summed E-state index contributed by atoms with van der Waals surface area (Å²) in [5.41, 5.74) is 0.341. The van der Waals surface area contributed by atoms with Gasteiger partial charge in [-0.3, -0.25) is 4.79 Å². The van der Waals surface area contributed by atoms with E-state index in [0.29, 0.717) is 17.7 Å². The zero-order valence-electron chi connectivity index (χ0n) is 12.0. The van der Waals surface area contributed by atoms with E-state index in [0.717, 1.165) is 31.2 Å². The van der Waals surface area contributed by atoms with Crippen molar-refractivity contribution in [1.82, 2.24) is 5.32 Å². The van der Waals surface area contributed by atoms with Crippen molar-refractivity contribution in [3.05, 3.63) is 23.7 Å². The highest BCUT2D eigenvalue weighted by molar-refractivity contribution is 5.92. The fourth-order valence-corrected chi connectivity index (χ4v) is 2.50.